The SMILES string of the molecule is CC(C)(CC(=O)O)CC(=O)N1CCCC1c1ccncc1. The van der Waals surface area contributed by atoms with Crippen molar-refractivity contribution in [2.45, 2.75) is 45.6 Å². The first kappa shape index (κ1) is 15.5. The fourth-order valence-electron chi connectivity index (χ4n) is 2.98. The van der Waals surface area contributed by atoms with Gasteiger partial charge in [0.1, 0.15) is 0 Å². The first-order valence-electron chi connectivity index (χ1n) is 7.30. The Balaban J connectivity index is 2.06. The molecule has 1 saturated heterocycles. The molecule has 0 bridgehead atoms. The zero-order valence-electron chi connectivity index (χ0n) is 12.6. The van der Waals surface area contributed by atoms with Crippen LogP contribution in [0.1, 0.15) is 51.1 Å². The highest BCUT2D eigenvalue weighted by Crippen LogP contribution is 2.34. The van der Waals surface area contributed by atoms with Crippen molar-refractivity contribution in [3.05, 3.63) is 30.1 Å². The summed E-state index contributed by atoms with van der Waals surface area (Å²) in [6.45, 7) is 4.40. The van der Waals surface area contributed by atoms with Gasteiger partial charge in [-0.05, 0) is 36.0 Å². The van der Waals surface area contributed by atoms with E-state index in [1.807, 2.05) is 30.9 Å². The van der Waals surface area contributed by atoms with Gasteiger partial charge in [0.2, 0.25) is 5.91 Å². The smallest absolute Gasteiger partial charge is 0.303 e. The molecule has 0 aliphatic carbocycles. The van der Waals surface area contributed by atoms with Crippen LogP contribution in [0.4, 0.5) is 0 Å². The van der Waals surface area contributed by atoms with E-state index >= 15 is 0 Å². The average Bonchev–Trinajstić information content (AvgIpc) is 2.86. The summed E-state index contributed by atoms with van der Waals surface area (Å²) in [6.07, 6.45) is 5.69. The van der Waals surface area contributed by atoms with E-state index in [0.717, 1.165) is 24.9 Å². The van der Waals surface area contributed by atoms with Crippen LogP contribution in [0, 0.1) is 5.41 Å². The minimum absolute atomic E-state index is 0.00645. The van der Waals surface area contributed by atoms with E-state index < -0.39 is 11.4 Å². The molecule has 1 N–H and O–H groups in total. The van der Waals surface area contributed by atoms with E-state index in [-0.39, 0.29) is 24.8 Å². The largest absolute Gasteiger partial charge is 0.481 e. The number of hydrogen-bond donors (Lipinski definition) is 1. The molecule has 1 aliphatic rings. The highest BCUT2D eigenvalue weighted by Gasteiger charge is 2.33. The highest BCUT2D eigenvalue weighted by molar-refractivity contribution is 5.79. The topological polar surface area (TPSA) is 70.5 Å². The van der Waals surface area contributed by atoms with Crippen LogP contribution < -0.4 is 0 Å². The van der Waals surface area contributed by atoms with Gasteiger partial charge in [-0.15, -0.1) is 0 Å². The van der Waals surface area contributed by atoms with Crippen molar-refractivity contribution in [2.75, 3.05) is 6.54 Å². The maximum absolute atomic E-state index is 12.5. The predicted molar refractivity (Wildman–Crippen MR) is 78.6 cm³/mol. The molecule has 1 unspecified atom stereocenters. The Morgan fingerprint density at radius 2 is 2.00 bits per heavy atom. The van der Waals surface area contributed by atoms with Crippen LogP contribution in [0.3, 0.4) is 0 Å². The van der Waals surface area contributed by atoms with E-state index in [4.69, 9.17) is 5.11 Å². The van der Waals surface area contributed by atoms with Crippen LogP contribution in [0.2, 0.25) is 0 Å². The van der Waals surface area contributed by atoms with Crippen LogP contribution in [0.15, 0.2) is 24.5 Å². The lowest BCUT2D eigenvalue weighted by Gasteiger charge is -2.29. The molecule has 1 aliphatic heterocycles. The van der Waals surface area contributed by atoms with E-state index in [0.29, 0.717) is 0 Å². The molecule has 0 saturated carbocycles. The molecular weight excluding hydrogens is 268 g/mol. The summed E-state index contributed by atoms with van der Waals surface area (Å²) in [4.78, 5) is 29.3. The van der Waals surface area contributed by atoms with Gasteiger partial charge >= 0.3 is 5.97 Å². The van der Waals surface area contributed by atoms with Crippen molar-refractivity contribution in [1.29, 1.82) is 0 Å². The first-order chi connectivity index (χ1) is 9.89. The normalized spacial score (nSPS) is 18.8. The van der Waals surface area contributed by atoms with Gasteiger partial charge in [0.25, 0.3) is 0 Å². The molecule has 1 aromatic heterocycles. The molecule has 5 nitrogen and oxygen atoms in total. The third kappa shape index (κ3) is 4.03. The molecule has 1 aromatic rings. The molecule has 5 heteroatoms. The molecule has 0 aromatic carbocycles. The third-order valence-electron chi connectivity index (χ3n) is 3.92. The van der Waals surface area contributed by atoms with Crippen molar-refractivity contribution in [1.82, 2.24) is 9.88 Å². The number of likely N-dealkylation sites (tertiary alicyclic amines) is 1. The third-order valence-corrected chi connectivity index (χ3v) is 3.92. The Morgan fingerprint density at radius 1 is 1.33 bits per heavy atom. The van der Waals surface area contributed by atoms with Crippen LogP contribution in [0.25, 0.3) is 0 Å². The standard InChI is InChI=1S/C16H22N2O3/c1-16(2,11-15(20)21)10-14(19)18-9-3-4-13(18)12-5-7-17-8-6-12/h5-8,13H,3-4,9-11H2,1-2H3,(H,20,21). The Hall–Kier alpha value is -1.91. The number of aromatic nitrogens is 1. The van der Waals surface area contributed by atoms with Gasteiger partial charge in [0.05, 0.1) is 12.5 Å². The molecule has 21 heavy (non-hydrogen) atoms. The zero-order chi connectivity index (χ0) is 15.5. The summed E-state index contributed by atoms with van der Waals surface area (Å²) in [5.41, 5.74) is 0.584. The lowest BCUT2D eigenvalue weighted by atomic mass is 9.85. The van der Waals surface area contributed by atoms with Crippen LogP contribution in [0.5, 0.6) is 0 Å². The second kappa shape index (κ2) is 6.24. The van der Waals surface area contributed by atoms with E-state index in [2.05, 4.69) is 4.98 Å². The minimum Gasteiger partial charge on any atom is -0.481 e. The number of carboxylic acid groups (broad SMARTS) is 1. The number of aliphatic carboxylic acids is 1. The zero-order valence-corrected chi connectivity index (χ0v) is 12.6. The Morgan fingerprint density at radius 3 is 2.62 bits per heavy atom. The second-order valence-electron chi connectivity index (χ2n) is 6.44. The summed E-state index contributed by atoms with van der Waals surface area (Å²) >= 11 is 0. The molecule has 1 fully saturated rings. The first-order valence-corrected chi connectivity index (χ1v) is 7.30. The molecule has 114 valence electrons. The fourth-order valence-corrected chi connectivity index (χ4v) is 2.98. The lowest BCUT2D eigenvalue weighted by molar-refractivity contribution is -0.141. The summed E-state index contributed by atoms with van der Waals surface area (Å²) in [5, 5.41) is 8.93. The Bertz CT molecular complexity index is 514. The number of pyridine rings is 1. The predicted octanol–water partition coefficient (Wildman–Crippen LogP) is 2.64. The molecular formula is C16H22N2O3. The number of carbonyl (C=O) groups excluding carboxylic acids is 1. The van der Waals surface area contributed by atoms with Crippen molar-refractivity contribution >= 4 is 11.9 Å². The molecule has 0 spiro atoms. The maximum atomic E-state index is 12.5. The summed E-state index contributed by atoms with van der Waals surface area (Å²) in [6, 6.07) is 3.98. The van der Waals surface area contributed by atoms with Crippen molar-refractivity contribution in [3.63, 3.8) is 0 Å². The molecule has 0 radical (unpaired) electrons. The molecule has 2 heterocycles. The van der Waals surface area contributed by atoms with Crippen molar-refractivity contribution < 1.29 is 14.7 Å². The summed E-state index contributed by atoms with van der Waals surface area (Å²) in [5.74, 6) is -0.819. The van der Waals surface area contributed by atoms with Crippen LogP contribution >= 0.6 is 0 Å². The minimum atomic E-state index is -0.861. The number of carboxylic acids is 1. The van der Waals surface area contributed by atoms with Gasteiger partial charge < -0.3 is 10.0 Å². The van der Waals surface area contributed by atoms with Gasteiger partial charge in [-0.2, -0.15) is 0 Å². The van der Waals surface area contributed by atoms with E-state index in [1.165, 1.54) is 0 Å². The van der Waals surface area contributed by atoms with Gasteiger partial charge in [-0.3, -0.25) is 14.6 Å². The van der Waals surface area contributed by atoms with Gasteiger partial charge in [0, 0.05) is 25.4 Å². The van der Waals surface area contributed by atoms with E-state index in [1.54, 1.807) is 12.4 Å². The second-order valence-corrected chi connectivity index (χ2v) is 6.44. The fraction of sp³-hybridized carbons (Fsp3) is 0.562. The lowest BCUT2D eigenvalue weighted by Crippen LogP contribution is -2.34. The quantitative estimate of drug-likeness (QED) is 0.905. The number of nitrogens with zero attached hydrogens (tertiary/aromatic N) is 2. The molecule has 2 rings (SSSR count). The monoisotopic (exact) mass is 290 g/mol. The average molecular weight is 290 g/mol. The molecule has 1 atom stereocenters. The van der Waals surface area contributed by atoms with Gasteiger partial charge in [-0.1, -0.05) is 13.8 Å². The maximum Gasteiger partial charge on any atom is 0.303 e. The number of carbonyl (C=O) groups is 2. The van der Waals surface area contributed by atoms with Crippen LogP contribution in [-0.2, 0) is 9.59 Å². The number of rotatable bonds is 5. The van der Waals surface area contributed by atoms with E-state index in [9.17, 15) is 9.59 Å². The van der Waals surface area contributed by atoms with Crippen molar-refractivity contribution in [3.8, 4) is 0 Å². The Kier molecular flexibility index (Phi) is 4.60. The van der Waals surface area contributed by atoms with Crippen molar-refractivity contribution in [2.24, 2.45) is 5.41 Å². The van der Waals surface area contributed by atoms with Gasteiger partial charge in [0.15, 0.2) is 0 Å². The summed E-state index contributed by atoms with van der Waals surface area (Å²) < 4.78 is 0. The molecule has 1 amide bonds. The number of hydrogen-bond acceptors (Lipinski definition) is 3. The Labute approximate surface area is 125 Å². The summed E-state index contributed by atoms with van der Waals surface area (Å²) in [7, 11) is 0. The van der Waals surface area contributed by atoms with Crippen LogP contribution in [-0.4, -0.2) is 33.4 Å². The number of amides is 1. The highest BCUT2D eigenvalue weighted by atomic mass is 16.4. The van der Waals surface area contributed by atoms with Gasteiger partial charge in [-0.25, -0.2) is 0 Å².